The van der Waals surface area contributed by atoms with E-state index >= 15 is 0 Å². The molecule has 1 atom stereocenters. The molecule has 13 heavy (non-hydrogen) atoms. The van der Waals surface area contributed by atoms with Crippen molar-refractivity contribution in [3.8, 4) is 0 Å². The van der Waals surface area contributed by atoms with Crippen LogP contribution in [0.25, 0.3) is 0 Å². The van der Waals surface area contributed by atoms with Crippen molar-refractivity contribution in [2.24, 2.45) is 0 Å². The maximum atomic E-state index is 12.1. The summed E-state index contributed by atoms with van der Waals surface area (Å²) in [6.07, 6.45) is -14.0. The van der Waals surface area contributed by atoms with E-state index in [-0.39, 0.29) is 0 Å². The van der Waals surface area contributed by atoms with Crippen LogP contribution in [0.3, 0.4) is 0 Å². The lowest BCUT2D eigenvalue weighted by Crippen LogP contribution is -2.43. The van der Waals surface area contributed by atoms with Crippen LogP contribution in [0.1, 0.15) is 0 Å². The van der Waals surface area contributed by atoms with Gasteiger partial charge in [-0.15, -0.1) is 6.58 Å². The Morgan fingerprint density at radius 3 is 2.00 bits per heavy atom. The summed E-state index contributed by atoms with van der Waals surface area (Å²) < 4.78 is 73.8. The van der Waals surface area contributed by atoms with Crippen molar-refractivity contribution in [1.82, 2.24) is 0 Å². The highest BCUT2D eigenvalue weighted by atomic mass is 19.4. The van der Waals surface area contributed by atoms with Gasteiger partial charge in [0.05, 0.1) is 6.61 Å². The van der Waals surface area contributed by atoms with E-state index in [2.05, 4.69) is 11.3 Å². The fraction of sp³-hybridized carbons (Fsp3) is 0.667. The first kappa shape index (κ1) is 12.3. The second kappa shape index (κ2) is 3.99. The Kier molecular flexibility index (Phi) is 3.77. The molecule has 0 radical (unpaired) electrons. The van der Waals surface area contributed by atoms with E-state index in [1.165, 1.54) is 0 Å². The lowest BCUT2D eigenvalue weighted by Gasteiger charge is -2.21. The molecule has 1 unspecified atom stereocenters. The van der Waals surface area contributed by atoms with Crippen LogP contribution < -0.4 is 0 Å². The maximum Gasteiger partial charge on any atom is 0.428 e. The Morgan fingerprint density at radius 1 is 1.23 bits per heavy atom. The Balaban J connectivity index is 4.34. The Labute approximate surface area is 70.0 Å². The summed E-state index contributed by atoms with van der Waals surface area (Å²) in [5.41, 5.74) is 0. The summed E-state index contributed by atoms with van der Waals surface area (Å²) in [6.45, 7) is 2.07. The van der Waals surface area contributed by atoms with Crippen LogP contribution in [-0.4, -0.2) is 25.1 Å². The largest absolute Gasteiger partial charge is 0.428 e. The highest BCUT2D eigenvalue weighted by molar-refractivity contribution is 4.77. The number of rotatable bonds is 4. The summed E-state index contributed by atoms with van der Waals surface area (Å²) in [7, 11) is 0. The lowest BCUT2D eigenvalue weighted by atomic mass is 10.3. The van der Waals surface area contributed by atoms with Gasteiger partial charge in [0, 0.05) is 0 Å². The molecule has 0 aliphatic heterocycles. The summed E-state index contributed by atoms with van der Waals surface area (Å²) in [4.78, 5) is 0. The molecule has 0 bridgehead atoms. The smallest absolute Gasteiger partial charge is 0.314 e. The van der Waals surface area contributed by atoms with E-state index in [1.807, 2.05) is 0 Å². The van der Waals surface area contributed by atoms with Gasteiger partial charge in [-0.1, -0.05) is 6.08 Å². The van der Waals surface area contributed by atoms with Crippen molar-refractivity contribution >= 4 is 0 Å². The average molecular weight is 208 g/mol. The minimum absolute atomic E-state index is 0.789. The topological polar surface area (TPSA) is 9.23 Å². The second-order valence-electron chi connectivity index (χ2n) is 2.07. The van der Waals surface area contributed by atoms with Crippen molar-refractivity contribution in [3.63, 3.8) is 0 Å². The number of alkyl halides is 6. The standard InChI is InChI=1S/C6H6F6O/c1-2-3-13-6(11,12)4(7)5(8,9)10/h2,4H,1,3H2. The summed E-state index contributed by atoms with van der Waals surface area (Å²) >= 11 is 0. The Hall–Kier alpha value is -0.720. The van der Waals surface area contributed by atoms with Crippen LogP contribution in [0, 0.1) is 0 Å². The molecule has 0 N–H and O–H groups in total. The van der Waals surface area contributed by atoms with Crippen LogP contribution in [0.4, 0.5) is 26.3 Å². The van der Waals surface area contributed by atoms with Crippen molar-refractivity contribution in [2.45, 2.75) is 18.5 Å². The third-order valence-corrected chi connectivity index (χ3v) is 0.976. The minimum atomic E-state index is -5.63. The highest BCUT2D eigenvalue weighted by Gasteiger charge is 2.58. The quantitative estimate of drug-likeness (QED) is 0.509. The van der Waals surface area contributed by atoms with E-state index in [4.69, 9.17) is 0 Å². The molecular formula is C6H6F6O. The monoisotopic (exact) mass is 208 g/mol. The van der Waals surface area contributed by atoms with Gasteiger partial charge in [-0.3, -0.25) is 0 Å². The van der Waals surface area contributed by atoms with Gasteiger partial charge in [0.25, 0.3) is 6.17 Å². The highest BCUT2D eigenvalue weighted by Crippen LogP contribution is 2.35. The van der Waals surface area contributed by atoms with Gasteiger partial charge in [-0.25, -0.2) is 4.39 Å². The predicted molar refractivity (Wildman–Crippen MR) is 32.0 cm³/mol. The number of ether oxygens (including phenoxy) is 1. The summed E-state index contributed by atoms with van der Waals surface area (Å²) in [5, 5.41) is 0. The molecule has 0 heterocycles. The first-order chi connectivity index (χ1) is 5.72. The molecule has 78 valence electrons. The van der Waals surface area contributed by atoms with Crippen LogP contribution in [0.5, 0.6) is 0 Å². The first-order valence-electron chi connectivity index (χ1n) is 3.05. The summed E-state index contributed by atoms with van der Waals surface area (Å²) in [5.74, 6) is 0. The minimum Gasteiger partial charge on any atom is -0.314 e. The molecular weight excluding hydrogens is 202 g/mol. The Bertz CT molecular complexity index is 174. The third kappa shape index (κ3) is 3.67. The molecule has 0 fully saturated rings. The zero-order chi connectivity index (χ0) is 10.7. The molecule has 0 aromatic carbocycles. The Morgan fingerprint density at radius 2 is 1.69 bits per heavy atom. The second-order valence-corrected chi connectivity index (χ2v) is 2.07. The molecule has 0 amide bonds. The van der Waals surface area contributed by atoms with E-state index in [9.17, 15) is 26.3 Å². The average Bonchev–Trinajstić information content (AvgIpc) is 1.98. The molecule has 0 spiro atoms. The zero-order valence-electron chi connectivity index (χ0n) is 6.24. The number of hydrogen-bond donors (Lipinski definition) is 0. The van der Waals surface area contributed by atoms with Gasteiger partial charge in [0.2, 0.25) is 0 Å². The molecule has 0 aromatic rings. The van der Waals surface area contributed by atoms with Crippen LogP contribution in [0.15, 0.2) is 12.7 Å². The molecule has 1 nitrogen and oxygen atoms in total. The molecule has 0 rings (SSSR count). The lowest BCUT2D eigenvalue weighted by molar-refractivity contribution is -0.332. The van der Waals surface area contributed by atoms with Crippen molar-refractivity contribution in [1.29, 1.82) is 0 Å². The molecule has 0 saturated heterocycles. The van der Waals surface area contributed by atoms with Crippen LogP contribution in [0.2, 0.25) is 0 Å². The van der Waals surface area contributed by atoms with Gasteiger partial charge >= 0.3 is 12.3 Å². The first-order valence-corrected chi connectivity index (χ1v) is 3.05. The van der Waals surface area contributed by atoms with E-state index < -0.39 is 25.1 Å². The van der Waals surface area contributed by atoms with Crippen LogP contribution >= 0.6 is 0 Å². The third-order valence-electron chi connectivity index (χ3n) is 0.976. The molecule has 0 aromatic heterocycles. The van der Waals surface area contributed by atoms with Gasteiger partial charge in [-0.2, -0.15) is 22.0 Å². The van der Waals surface area contributed by atoms with Crippen LogP contribution in [-0.2, 0) is 4.74 Å². The van der Waals surface area contributed by atoms with E-state index in [1.54, 1.807) is 0 Å². The normalized spacial score (nSPS) is 15.5. The van der Waals surface area contributed by atoms with E-state index in [0.29, 0.717) is 0 Å². The molecule has 0 saturated carbocycles. The predicted octanol–water partition coefficient (Wildman–Crippen LogP) is 2.68. The fourth-order valence-electron chi connectivity index (χ4n) is 0.434. The fourth-order valence-corrected chi connectivity index (χ4v) is 0.434. The zero-order valence-corrected chi connectivity index (χ0v) is 6.24. The molecule has 7 heteroatoms. The maximum absolute atomic E-state index is 12.1. The number of halogens is 6. The van der Waals surface area contributed by atoms with Gasteiger partial charge in [0.15, 0.2) is 0 Å². The van der Waals surface area contributed by atoms with Gasteiger partial charge < -0.3 is 4.74 Å². The van der Waals surface area contributed by atoms with Crippen molar-refractivity contribution in [3.05, 3.63) is 12.7 Å². The SMILES string of the molecule is C=CCOC(F)(F)C(F)C(F)(F)F. The van der Waals surface area contributed by atoms with Gasteiger partial charge in [-0.05, 0) is 0 Å². The summed E-state index contributed by atoms with van der Waals surface area (Å²) in [6, 6.07) is 0. The van der Waals surface area contributed by atoms with E-state index in [0.717, 1.165) is 6.08 Å². The van der Waals surface area contributed by atoms with Crippen molar-refractivity contribution in [2.75, 3.05) is 6.61 Å². The molecule has 0 aliphatic rings. The molecule has 0 aliphatic carbocycles. The van der Waals surface area contributed by atoms with Gasteiger partial charge in [0.1, 0.15) is 0 Å². The van der Waals surface area contributed by atoms with Crippen molar-refractivity contribution < 1.29 is 31.1 Å². The number of hydrogen-bond acceptors (Lipinski definition) is 1.